The van der Waals surface area contributed by atoms with Gasteiger partial charge in [-0.2, -0.15) is 5.26 Å². The van der Waals surface area contributed by atoms with Gasteiger partial charge in [0.2, 0.25) is 5.91 Å². The lowest BCUT2D eigenvalue weighted by Crippen LogP contribution is -2.50. The number of nitriles is 1. The largest absolute Gasteiger partial charge is 0.462 e. The highest BCUT2D eigenvalue weighted by molar-refractivity contribution is 6.32. The van der Waals surface area contributed by atoms with Crippen LogP contribution in [0.3, 0.4) is 0 Å². The Balaban J connectivity index is 2.76. The molecule has 0 radical (unpaired) electrons. The molecular weight excluding hydrogens is 286 g/mol. The Morgan fingerprint density at radius 3 is 2.55 bits per heavy atom. The Bertz CT molecular complexity index is 566. The lowest BCUT2D eigenvalue weighted by atomic mass is 10.1. The molecule has 0 heterocycles. The maximum atomic E-state index is 12.1. The maximum absolute atomic E-state index is 12.1. The zero-order valence-corrected chi connectivity index (χ0v) is 12.2. The molecule has 0 fully saturated rings. The third kappa shape index (κ3) is 5.63. The minimum absolute atomic E-state index is 0.161. The smallest absolute Gasteiger partial charge is 0.396 e. The van der Waals surface area contributed by atoms with Crippen molar-refractivity contribution in [3.8, 4) is 6.07 Å². The van der Waals surface area contributed by atoms with Gasteiger partial charge in [0.15, 0.2) is 0 Å². The van der Waals surface area contributed by atoms with Crippen molar-refractivity contribution in [1.82, 2.24) is 10.6 Å². The molecule has 1 atom stereocenters. The molecule has 1 unspecified atom stereocenters. The Morgan fingerprint density at radius 2 is 1.95 bits per heavy atom. The number of esters is 1. The first-order valence-corrected chi connectivity index (χ1v) is 6.66. The number of nitrogens with zero attached hydrogens (tertiary/aromatic N) is 1. The van der Waals surface area contributed by atoms with Crippen molar-refractivity contribution in [2.24, 2.45) is 0 Å². The van der Waals surface area contributed by atoms with Crippen molar-refractivity contribution in [3.05, 3.63) is 35.9 Å². The molecular formula is C15H17N3O4. The number of rotatable bonds is 6. The van der Waals surface area contributed by atoms with E-state index in [-0.39, 0.29) is 19.4 Å². The molecule has 0 saturated carbocycles. The third-order valence-electron chi connectivity index (χ3n) is 2.81. The molecule has 22 heavy (non-hydrogen) atoms. The van der Waals surface area contributed by atoms with Crippen LogP contribution in [0.15, 0.2) is 30.3 Å². The lowest BCUT2D eigenvalue weighted by molar-refractivity contribution is -0.153. The number of amides is 2. The molecule has 1 rings (SSSR count). The van der Waals surface area contributed by atoms with Gasteiger partial charge in [0.1, 0.15) is 6.04 Å². The zero-order chi connectivity index (χ0) is 16.4. The SMILES string of the molecule is COC(=O)C(=O)NC(Cc1ccccc1)C(=O)NCCC#N. The molecule has 116 valence electrons. The van der Waals surface area contributed by atoms with Gasteiger partial charge in [-0.25, -0.2) is 4.79 Å². The van der Waals surface area contributed by atoms with Crippen molar-refractivity contribution in [2.75, 3.05) is 13.7 Å². The molecule has 7 nitrogen and oxygen atoms in total. The Kier molecular flexibility index (Phi) is 7.13. The van der Waals surface area contributed by atoms with Crippen LogP contribution in [0.1, 0.15) is 12.0 Å². The van der Waals surface area contributed by atoms with Crippen LogP contribution in [0.5, 0.6) is 0 Å². The van der Waals surface area contributed by atoms with Crippen LogP contribution >= 0.6 is 0 Å². The predicted octanol–water partition coefficient (Wildman–Crippen LogP) is -0.0832. The summed E-state index contributed by atoms with van der Waals surface area (Å²) in [6.07, 6.45) is 0.386. The summed E-state index contributed by atoms with van der Waals surface area (Å²) in [6.45, 7) is 0.175. The molecule has 2 amide bonds. The summed E-state index contributed by atoms with van der Waals surface area (Å²) in [5, 5.41) is 13.3. The van der Waals surface area contributed by atoms with Crippen molar-refractivity contribution in [2.45, 2.75) is 18.9 Å². The fraction of sp³-hybridized carbons (Fsp3) is 0.333. The zero-order valence-electron chi connectivity index (χ0n) is 12.2. The Labute approximate surface area is 128 Å². The van der Waals surface area contributed by atoms with Crippen LogP contribution in [-0.2, 0) is 25.5 Å². The third-order valence-corrected chi connectivity index (χ3v) is 2.81. The topological polar surface area (TPSA) is 108 Å². The number of carbonyl (C=O) groups is 3. The van der Waals surface area contributed by atoms with Gasteiger partial charge in [-0.3, -0.25) is 9.59 Å². The summed E-state index contributed by atoms with van der Waals surface area (Å²) < 4.78 is 4.32. The number of ether oxygens (including phenoxy) is 1. The number of nitrogens with one attached hydrogen (secondary N) is 2. The molecule has 7 heteroatoms. The second-order valence-corrected chi connectivity index (χ2v) is 4.41. The number of hydrogen-bond acceptors (Lipinski definition) is 5. The summed E-state index contributed by atoms with van der Waals surface area (Å²) >= 11 is 0. The van der Waals surface area contributed by atoms with E-state index in [4.69, 9.17) is 5.26 Å². The van der Waals surface area contributed by atoms with E-state index in [0.717, 1.165) is 12.7 Å². The first-order chi connectivity index (χ1) is 10.6. The van der Waals surface area contributed by atoms with Crippen LogP contribution in [-0.4, -0.2) is 37.5 Å². The van der Waals surface area contributed by atoms with Crippen LogP contribution in [0.2, 0.25) is 0 Å². The van der Waals surface area contributed by atoms with Gasteiger partial charge in [0.05, 0.1) is 19.6 Å². The lowest BCUT2D eigenvalue weighted by Gasteiger charge is -2.17. The molecule has 1 aromatic rings. The highest BCUT2D eigenvalue weighted by Crippen LogP contribution is 2.04. The molecule has 2 N–H and O–H groups in total. The number of hydrogen-bond donors (Lipinski definition) is 2. The van der Waals surface area contributed by atoms with Crippen LogP contribution in [0.4, 0.5) is 0 Å². The van der Waals surface area contributed by atoms with Gasteiger partial charge in [-0.1, -0.05) is 30.3 Å². The molecule has 0 aromatic heterocycles. The standard InChI is InChI=1S/C15H17N3O4/c1-22-15(21)14(20)18-12(13(19)17-9-5-8-16)10-11-6-3-2-4-7-11/h2-4,6-7,12H,5,9-10H2,1H3,(H,17,19)(H,18,20). The van der Waals surface area contributed by atoms with E-state index in [0.29, 0.717) is 0 Å². The minimum atomic E-state index is -1.07. The maximum Gasteiger partial charge on any atom is 0.396 e. The molecule has 0 aliphatic carbocycles. The van der Waals surface area contributed by atoms with E-state index in [1.165, 1.54) is 0 Å². The van der Waals surface area contributed by atoms with E-state index >= 15 is 0 Å². The Morgan fingerprint density at radius 1 is 1.27 bits per heavy atom. The fourth-order valence-corrected chi connectivity index (χ4v) is 1.73. The van der Waals surface area contributed by atoms with E-state index in [1.807, 2.05) is 24.3 Å². The van der Waals surface area contributed by atoms with E-state index in [2.05, 4.69) is 15.4 Å². The average Bonchev–Trinajstić information content (AvgIpc) is 2.54. The van der Waals surface area contributed by atoms with Gasteiger partial charge in [0.25, 0.3) is 0 Å². The molecule has 0 aliphatic heterocycles. The summed E-state index contributed by atoms with van der Waals surface area (Å²) in [5.41, 5.74) is 0.827. The normalized spacial score (nSPS) is 10.9. The van der Waals surface area contributed by atoms with Gasteiger partial charge >= 0.3 is 11.9 Å². The first-order valence-electron chi connectivity index (χ1n) is 6.66. The number of methoxy groups -OCH3 is 1. The molecule has 0 saturated heterocycles. The summed E-state index contributed by atoms with van der Waals surface area (Å²) in [6, 6.07) is 10.0. The quantitative estimate of drug-likeness (QED) is 0.434. The predicted molar refractivity (Wildman–Crippen MR) is 77.3 cm³/mol. The minimum Gasteiger partial charge on any atom is -0.462 e. The van der Waals surface area contributed by atoms with Crippen molar-refractivity contribution >= 4 is 17.8 Å². The second-order valence-electron chi connectivity index (χ2n) is 4.41. The number of benzene rings is 1. The van der Waals surface area contributed by atoms with E-state index < -0.39 is 23.8 Å². The van der Waals surface area contributed by atoms with Crippen molar-refractivity contribution in [3.63, 3.8) is 0 Å². The van der Waals surface area contributed by atoms with E-state index in [1.54, 1.807) is 12.1 Å². The Hall–Kier alpha value is -2.88. The molecule has 0 spiro atoms. The van der Waals surface area contributed by atoms with Crippen molar-refractivity contribution in [1.29, 1.82) is 5.26 Å². The second kappa shape index (κ2) is 9.13. The highest BCUT2D eigenvalue weighted by atomic mass is 16.5. The van der Waals surface area contributed by atoms with Gasteiger partial charge in [0, 0.05) is 13.0 Å². The summed E-state index contributed by atoms with van der Waals surface area (Å²) in [4.78, 5) is 34.8. The molecule has 0 aliphatic rings. The van der Waals surface area contributed by atoms with Crippen molar-refractivity contribution < 1.29 is 19.1 Å². The summed E-state index contributed by atoms with van der Waals surface area (Å²) in [5.74, 6) is -2.52. The van der Waals surface area contributed by atoms with Gasteiger partial charge in [-0.15, -0.1) is 0 Å². The summed E-state index contributed by atoms with van der Waals surface area (Å²) in [7, 11) is 1.08. The van der Waals surface area contributed by atoms with Gasteiger partial charge < -0.3 is 15.4 Å². The molecule has 0 bridgehead atoms. The monoisotopic (exact) mass is 303 g/mol. The van der Waals surface area contributed by atoms with Gasteiger partial charge in [-0.05, 0) is 5.56 Å². The highest BCUT2D eigenvalue weighted by Gasteiger charge is 2.24. The van der Waals surface area contributed by atoms with E-state index in [9.17, 15) is 14.4 Å². The van der Waals surface area contributed by atoms with Crippen LogP contribution < -0.4 is 10.6 Å². The first kappa shape index (κ1) is 17.2. The fourth-order valence-electron chi connectivity index (χ4n) is 1.73. The van der Waals surface area contributed by atoms with Crippen LogP contribution in [0, 0.1) is 11.3 Å². The molecule has 1 aromatic carbocycles. The van der Waals surface area contributed by atoms with Crippen LogP contribution in [0.25, 0.3) is 0 Å². The number of carbonyl (C=O) groups excluding carboxylic acids is 3. The average molecular weight is 303 g/mol.